The number of para-hydroxylation sites is 1. The topological polar surface area (TPSA) is 72.7 Å². The van der Waals surface area contributed by atoms with Gasteiger partial charge in [0.1, 0.15) is 5.75 Å². The maximum Gasteiger partial charge on any atom is 0.270 e. The van der Waals surface area contributed by atoms with E-state index in [1.807, 2.05) is 24.3 Å². The van der Waals surface area contributed by atoms with E-state index in [9.17, 15) is 14.9 Å². The Morgan fingerprint density at radius 3 is 2.71 bits per heavy atom. The van der Waals surface area contributed by atoms with E-state index in [-0.39, 0.29) is 11.6 Å². The van der Waals surface area contributed by atoms with Crippen molar-refractivity contribution in [3.8, 4) is 5.75 Å². The van der Waals surface area contributed by atoms with E-state index in [1.54, 1.807) is 37.3 Å². The number of hydrogen-bond donors (Lipinski definition) is 0. The Hall–Kier alpha value is -3.15. The van der Waals surface area contributed by atoms with Crippen molar-refractivity contribution in [3.63, 3.8) is 0 Å². The summed E-state index contributed by atoms with van der Waals surface area (Å²) in [5.74, 6) is 0.521. The SMILES string of the molecule is COc1ccccc1CN(C)C(=O)/C=C/c1cccc([N+](=O)[O-])c1. The number of methoxy groups -OCH3 is 1. The number of benzene rings is 2. The highest BCUT2D eigenvalue weighted by Crippen LogP contribution is 2.19. The molecule has 124 valence electrons. The van der Waals surface area contributed by atoms with E-state index >= 15 is 0 Å². The number of carbonyl (C=O) groups excluding carboxylic acids is 1. The second kappa shape index (κ2) is 7.92. The van der Waals surface area contributed by atoms with Gasteiger partial charge in [-0.3, -0.25) is 14.9 Å². The minimum atomic E-state index is -0.465. The minimum absolute atomic E-state index is 0.00743. The molecule has 0 atom stereocenters. The van der Waals surface area contributed by atoms with Crippen LogP contribution in [-0.4, -0.2) is 29.9 Å². The second-order valence-corrected chi connectivity index (χ2v) is 5.19. The molecule has 2 aromatic rings. The van der Waals surface area contributed by atoms with E-state index in [0.717, 1.165) is 11.3 Å². The van der Waals surface area contributed by atoms with Crippen LogP contribution in [0, 0.1) is 10.1 Å². The van der Waals surface area contributed by atoms with Crippen molar-refractivity contribution in [2.24, 2.45) is 0 Å². The molecule has 6 nitrogen and oxygen atoms in total. The highest BCUT2D eigenvalue weighted by molar-refractivity contribution is 5.91. The molecule has 0 spiro atoms. The van der Waals surface area contributed by atoms with Gasteiger partial charge in [0.2, 0.25) is 5.91 Å². The first-order valence-corrected chi connectivity index (χ1v) is 7.31. The number of non-ortho nitro benzene ring substituents is 1. The van der Waals surface area contributed by atoms with Crippen molar-refractivity contribution in [1.29, 1.82) is 0 Å². The molecule has 24 heavy (non-hydrogen) atoms. The summed E-state index contributed by atoms with van der Waals surface area (Å²) < 4.78 is 5.27. The molecular formula is C18H18N2O4. The predicted octanol–water partition coefficient (Wildman–Crippen LogP) is 3.28. The van der Waals surface area contributed by atoms with E-state index < -0.39 is 4.92 Å². The van der Waals surface area contributed by atoms with Gasteiger partial charge in [-0.25, -0.2) is 0 Å². The van der Waals surface area contributed by atoms with Gasteiger partial charge in [0.05, 0.1) is 12.0 Å². The molecule has 0 heterocycles. The van der Waals surface area contributed by atoms with Crippen molar-refractivity contribution in [3.05, 3.63) is 75.8 Å². The standard InChI is InChI=1S/C18H18N2O4/c1-19(13-15-7-3-4-9-17(15)24-2)18(21)11-10-14-6-5-8-16(12-14)20(22)23/h3-12H,13H2,1-2H3/b11-10+. The van der Waals surface area contributed by atoms with Gasteiger partial charge in [-0.15, -0.1) is 0 Å². The number of hydrogen-bond acceptors (Lipinski definition) is 4. The summed E-state index contributed by atoms with van der Waals surface area (Å²) in [6.45, 7) is 0.405. The Labute approximate surface area is 140 Å². The predicted molar refractivity (Wildman–Crippen MR) is 91.6 cm³/mol. The van der Waals surface area contributed by atoms with E-state index in [2.05, 4.69) is 0 Å². The third-order valence-electron chi connectivity index (χ3n) is 3.48. The highest BCUT2D eigenvalue weighted by Gasteiger charge is 2.10. The molecule has 0 fully saturated rings. The summed E-state index contributed by atoms with van der Waals surface area (Å²) in [6.07, 6.45) is 2.96. The van der Waals surface area contributed by atoms with Gasteiger partial charge >= 0.3 is 0 Å². The average Bonchev–Trinajstić information content (AvgIpc) is 2.60. The lowest BCUT2D eigenvalue weighted by molar-refractivity contribution is -0.384. The van der Waals surface area contributed by atoms with Crippen LogP contribution in [-0.2, 0) is 11.3 Å². The summed E-state index contributed by atoms with van der Waals surface area (Å²) in [7, 11) is 3.27. The maximum atomic E-state index is 12.2. The lowest BCUT2D eigenvalue weighted by Crippen LogP contribution is -2.24. The largest absolute Gasteiger partial charge is 0.496 e. The van der Waals surface area contributed by atoms with Crippen LogP contribution in [0.1, 0.15) is 11.1 Å². The first kappa shape index (κ1) is 17.2. The normalized spacial score (nSPS) is 10.6. The molecule has 0 radical (unpaired) electrons. The van der Waals surface area contributed by atoms with Gasteiger partial charge < -0.3 is 9.64 Å². The Bertz CT molecular complexity index is 771. The number of nitro benzene ring substituents is 1. The number of carbonyl (C=O) groups is 1. The first-order valence-electron chi connectivity index (χ1n) is 7.31. The summed E-state index contributed by atoms with van der Waals surface area (Å²) >= 11 is 0. The lowest BCUT2D eigenvalue weighted by Gasteiger charge is -2.17. The Balaban J connectivity index is 2.06. The minimum Gasteiger partial charge on any atom is -0.496 e. The number of amides is 1. The van der Waals surface area contributed by atoms with Crippen LogP contribution in [0.5, 0.6) is 5.75 Å². The molecule has 2 rings (SSSR count). The van der Waals surface area contributed by atoms with Crippen LogP contribution in [0.2, 0.25) is 0 Å². The number of rotatable bonds is 6. The van der Waals surface area contributed by atoms with Crippen molar-refractivity contribution < 1.29 is 14.5 Å². The molecule has 0 aliphatic heterocycles. The summed E-state index contributed by atoms with van der Waals surface area (Å²) in [6, 6.07) is 13.6. The molecule has 0 aliphatic rings. The van der Waals surface area contributed by atoms with Crippen molar-refractivity contribution in [2.75, 3.05) is 14.2 Å². The van der Waals surface area contributed by atoms with Crippen molar-refractivity contribution in [2.45, 2.75) is 6.54 Å². The molecule has 1 amide bonds. The molecule has 0 aliphatic carbocycles. The highest BCUT2D eigenvalue weighted by atomic mass is 16.6. The van der Waals surface area contributed by atoms with Crippen LogP contribution in [0.4, 0.5) is 5.69 Å². The summed E-state index contributed by atoms with van der Waals surface area (Å²) in [4.78, 5) is 24.0. The van der Waals surface area contributed by atoms with Gasteiger partial charge in [0, 0.05) is 37.4 Å². The molecule has 0 saturated carbocycles. The molecule has 0 unspecified atom stereocenters. The molecular weight excluding hydrogens is 308 g/mol. The van der Waals surface area contributed by atoms with Crippen molar-refractivity contribution >= 4 is 17.7 Å². The number of ether oxygens (including phenoxy) is 1. The first-order chi connectivity index (χ1) is 11.5. The fraction of sp³-hybridized carbons (Fsp3) is 0.167. The number of likely N-dealkylation sites (N-methyl/N-ethyl adjacent to an activating group) is 1. The van der Waals surface area contributed by atoms with Gasteiger partial charge in [0.15, 0.2) is 0 Å². The van der Waals surface area contributed by atoms with Crippen LogP contribution in [0.3, 0.4) is 0 Å². The smallest absolute Gasteiger partial charge is 0.270 e. The quantitative estimate of drug-likeness (QED) is 0.464. The molecule has 0 aromatic heterocycles. The van der Waals surface area contributed by atoms with Crippen LogP contribution in [0.25, 0.3) is 6.08 Å². The number of nitro groups is 1. The maximum absolute atomic E-state index is 12.2. The van der Waals surface area contributed by atoms with Crippen LogP contribution in [0.15, 0.2) is 54.6 Å². The lowest BCUT2D eigenvalue weighted by atomic mass is 10.1. The monoisotopic (exact) mass is 326 g/mol. The van der Waals surface area contributed by atoms with E-state index in [1.165, 1.54) is 18.2 Å². The fourth-order valence-electron chi connectivity index (χ4n) is 2.20. The van der Waals surface area contributed by atoms with Gasteiger partial charge in [0.25, 0.3) is 5.69 Å². The molecule has 0 N–H and O–H groups in total. The summed E-state index contributed by atoms with van der Waals surface area (Å²) in [5, 5.41) is 10.8. The molecule has 0 bridgehead atoms. The molecule has 6 heteroatoms. The molecule has 0 saturated heterocycles. The van der Waals surface area contributed by atoms with Crippen molar-refractivity contribution in [1.82, 2.24) is 4.90 Å². The second-order valence-electron chi connectivity index (χ2n) is 5.19. The average molecular weight is 326 g/mol. The van der Waals surface area contributed by atoms with E-state index in [0.29, 0.717) is 12.1 Å². The Morgan fingerprint density at radius 1 is 1.25 bits per heavy atom. The van der Waals surface area contributed by atoms with Crippen LogP contribution < -0.4 is 4.74 Å². The summed E-state index contributed by atoms with van der Waals surface area (Å²) in [5.41, 5.74) is 1.50. The zero-order valence-corrected chi connectivity index (χ0v) is 13.5. The van der Waals surface area contributed by atoms with E-state index in [4.69, 9.17) is 4.74 Å². The Morgan fingerprint density at radius 2 is 2.00 bits per heavy atom. The Kier molecular flexibility index (Phi) is 5.68. The fourth-order valence-corrected chi connectivity index (χ4v) is 2.20. The van der Waals surface area contributed by atoms with Gasteiger partial charge in [-0.2, -0.15) is 0 Å². The zero-order valence-electron chi connectivity index (χ0n) is 13.5. The van der Waals surface area contributed by atoms with Gasteiger partial charge in [-0.1, -0.05) is 30.3 Å². The third kappa shape index (κ3) is 4.42. The van der Waals surface area contributed by atoms with Gasteiger partial charge in [-0.05, 0) is 17.7 Å². The van der Waals surface area contributed by atoms with Crippen LogP contribution >= 0.6 is 0 Å². The number of nitrogens with zero attached hydrogens (tertiary/aromatic N) is 2. The molecule has 2 aromatic carbocycles. The third-order valence-corrected chi connectivity index (χ3v) is 3.48. The zero-order chi connectivity index (χ0) is 17.5.